The van der Waals surface area contributed by atoms with Crippen molar-refractivity contribution in [2.24, 2.45) is 23.7 Å². The molecule has 2 aromatic heterocycles. The number of pyridine rings is 1. The van der Waals surface area contributed by atoms with E-state index in [1.165, 1.54) is 12.8 Å². The third-order valence-electron chi connectivity index (χ3n) is 6.12. The lowest BCUT2D eigenvalue weighted by molar-refractivity contribution is -0.157. The fraction of sp³-hybridized carbons (Fsp3) is 0.619. The molecule has 0 N–H and O–H groups in total. The first-order chi connectivity index (χ1) is 12.0. The van der Waals surface area contributed by atoms with Crippen molar-refractivity contribution in [2.75, 3.05) is 0 Å². The summed E-state index contributed by atoms with van der Waals surface area (Å²) >= 11 is 0. The van der Waals surface area contributed by atoms with Crippen LogP contribution in [0.5, 0.6) is 0 Å². The molecule has 4 rings (SSSR count). The first-order valence-electron chi connectivity index (χ1n) is 9.67. The van der Waals surface area contributed by atoms with Crippen LogP contribution in [0.25, 0.3) is 5.52 Å². The second-order valence-electron chi connectivity index (χ2n) is 8.36. The summed E-state index contributed by atoms with van der Waals surface area (Å²) in [7, 11) is 0. The first kappa shape index (κ1) is 16.6. The Bertz CT molecular complexity index is 766. The number of aromatic nitrogens is 2. The molecule has 2 unspecified atom stereocenters. The van der Waals surface area contributed by atoms with Crippen LogP contribution in [0.15, 0.2) is 30.6 Å². The number of hydrogen-bond donors (Lipinski definition) is 0. The molecule has 2 heterocycles. The van der Waals surface area contributed by atoms with Gasteiger partial charge in [-0.25, -0.2) is 4.98 Å². The second-order valence-corrected chi connectivity index (χ2v) is 8.36. The third kappa shape index (κ3) is 3.19. The predicted molar refractivity (Wildman–Crippen MR) is 97.3 cm³/mol. The summed E-state index contributed by atoms with van der Waals surface area (Å²) in [5, 5.41) is 0. The smallest absolute Gasteiger partial charge is 0.309 e. The second kappa shape index (κ2) is 6.47. The molecule has 0 bridgehead atoms. The van der Waals surface area contributed by atoms with Crippen LogP contribution in [0.3, 0.4) is 0 Å². The maximum absolute atomic E-state index is 12.7. The average Bonchev–Trinajstić information content (AvgIpc) is 3.26. The van der Waals surface area contributed by atoms with E-state index in [-0.39, 0.29) is 23.9 Å². The molecule has 4 heteroatoms. The molecule has 2 aliphatic carbocycles. The van der Waals surface area contributed by atoms with E-state index in [1.54, 1.807) is 0 Å². The molecule has 25 heavy (non-hydrogen) atoms. The Kier molecular flexibility index (Phi) is 4.30. The van der Waals surface area contributed by atoms with Crippen molar-refractivity contribution in [3.8, 4) is 0 Å². The monoisotopic (exact) mass is 340 g/mol. The van der Waals surface area contributed by atoms with E-state index in [2.05, 4.69) is 30.2 Å². The zero-order valence-corrected chi connectivity index (χ0v) is 15.4. The predicted octanol–water partition coefficient (Wildman–Crippen LogP) is 4.44. The van der Waals surface area contributed by atoms with Gasteiger partial charge in [0.2, 0.25) is 0 Å². The fourth-order valence-electron chi connectivity index (χ4n) is 4.47. The largest absolute Gasteiger partial charge is 0.462 e. The summed E-state index contributed by atoms with van der Waals surface area (Å²) in [5.74, 6) is 2.89. The molecule has 0 spiro atoms. The summed E-state index contributed by atoms with van der Waals surface area (Å²) in [6, 6.07) is 6.06. The number of rotatable bonds is 4. The number of carbonyl (C=O) groups excluding carboxylic acids is 1. The number of ether oxygens (including phenoxy) is 1. The normalized spacial score (nSPS) is 32.1. The van der Waals surface area contributed by atoms with Crippen molar-refractivity contribution in [2.45, 2.75) is 58.5 Å². The van der Waals surface area contributed by atoms with Gasteiger partial charge in [-0.15, -0.1) is 0 Å². The highest BCUT2D eigenvalue weighted by Crippen LogP contribution is 2.48. The highest BCUT2D eigenvalue weighted by molar-refractivity contribution is 5.77. The molecular weight excluding hydrogens is 312 g/mol. The lowest BCUT2D eigenvalue weighted by Crippen LogP contribution is -2.36. The fourth-order valence-corrected chi connectivity index (χ4v) is 4.47. The summed E-state index contributed by atoms with van der Waals surface area (Å²) in [6.45, 7) is 6.77. The van der Waals surface area contributed by atoms with Gasteiger partial charge >= 0.3 is 5.97 Å². The summed E-state index contributed by atoms with van der Waals surface area (Å²) < 4.78 is 8.12. The summed E-state index contributed by atoms with van der Waals surface area (Å²) in [4.78, 5) is 17.3. The average molecular weight is 340 g/mol. The molecule has 2 aromatic rings. The third-order valence-corrected chi connectivity index (χ3v) is 6.12. The van der Waals surface area contributed by atoms with Crippen molar-refractivity contribution in [1.29, 1.82) is 0 Å². The van der Waals surface area contributed by atoms with Gasteiger partial charge in [0.1, 0.15) is 11.9 Å². The van der Waals surface area contributed by atoms with Crippen LogP contribution in [0, 0.1) is 23.7 Å². The molecule has 2 aliphatic rings. The Balaban J connectivity index is 1.44. The molecule has 0 saturated heterocycles. The van der Waals surface area contributed by atoms with Crippen molar-refractivity contribution < 1.29 is 9.53 Å². The molecular formula is C21H28N2O2. The van der Waals surface area contributed by atoms with Crippen LogP contribution in [0.4, 0.5) is 0 Å². The minimum Gasteiger partial charge on any atom is -0.462 e. The van der Waals surface area contributed by atoms with E-state index in [0.29, 0.717) is 17.8 Å². The van der Waals surface area contributed by atoms with E-state index in [1.807, 2.05) is 30.6 Å². The van der Waals surface area contributed by atoms with Gasteiger partial charge in [-0.05, 0) is 49.1 Å². The lowest BCUT2D eigenvalue weighted by atomic mass is 9.75. The summed E-state index contributed by atoms with van der Waals surface area (Å²) in [5.41, 5.74) is 1.08. The van der Waals surface area contributed by atoms with Crippen LogP contribution in [-0.4, -0.2) is 21.5 Å². The number of fused-ring (bicyclic) bond motifs is 1. The Morgan fingerprint density at radius 2 is 2.12 bits per heavy atom. The number of esters is 1. The molecule has 0 aromatic carbocycles. The minimum absolute atomic E-state index is 0.0116. The van der Waals surface area contributed by atoms with Gasteiger partial charge in [0, 0.05) is 12.1 Å². The Morgan fingerprint density at radius 3 is 2.92 bits per heavy atom. The highest BCUT2D eigenvalue weighted by Gasteiger charge is 2.49. The zero-order valence-electron chi connectivity index (χ0n) is 15.4. The number of hydrogen-bond acceptors (Lipinski definition) is 3. The molecule has 0 amide bonds. The Labute approximate surface area is 149 Å². The Hall–Kier alpha value is -1.84. The molecule has 2 saturated carbocycles. The van der Waals surface area contributed by atoms with Gasteiger partial charge in [-0.2, -0.15) is 0 Å². The number of imidazole rings is 1. The van der Waals surface area contributed by atoms with Crippen LogP contribution >= 0.6 is 0 Å². The van der Waals surface area contributed by atoms with Gasteiger partial charge in [-0.3, -0.25) is 4.79 Å². The summed E-state index contributed by atoms with van der Waals surface area (Å²) in [6.07, 6.45) is 8.30. The number of nitrogens with zero attached hydrogens (tertiary/aromatic N) is 2. The number of carbonyl (C=O) groups is 1. The van der Waals surface area contributed by atoms with Crippen molar-refractivity contribution in [3.05, 3.63) is 36.4 Å². The molecule has 0 aliphatic heterocycles. The molecule has 2 fully saturated rings. The van der Waals surface area contributed by atoms with Crippen LogP contribution < -0.4 is 0 Å². The van der Waals surface area contributed by atoms with Crippen LogP contribution in [-0.2, 0) is 9.53 Å². The first-order valence-corrected chi connectivity index (χ1v) is 9.67. The van der Waals surface area contributed by atoms with Crippen molar-refractivity contribution in [3.63, 3.8) is 0 Å². The van der Waals surface area contributed by atoms with Crippen LogP contribution in [0.1, 0.15) is 58.2 Å². The van der Waals surface area contributed by atoms with Gasteiger partial charge in [0.25, 0.3) is 0 Å². The van der Waals surface area contributed by atoms with E-state index < -0.39 is 0 Å². The topological polar surface area (TPSA) is 43.6 Å². The van der Waals surface area contributed by atoms with E-state index in [4.69, 9.17) is 4.74 Å². The van der Waals surface area contributed by atoms with Gasteiger partial charge in [0.15, 0.2) is 0 Å². The Morgan fingerprint density at radius 1 is 1.28 bits per heavy atom. The standard InChI is InChI=1S/C21H28N2O2/c1-13(2)16-8-7-14(3)10-19(16)25-21(24)18-11-17(18)20-22-12-15-6-4-5-9-23(15)20/h4-6,9,12-14,16-19H,7-8,10-11H2,1-3H3/t14-,16+,17?,18?,19-/m1/s1. The van der Waals surface area contributed by atoms with E-state index in [9.17, 15) is 4.79 Å². The maximum Gasteiger partial charge on any atom is 0.309 e. The van der Waals surface area contributed by atoms with Gasteiger partial charge in [0.05, 0.1) is 17.6 Å². The minimum atomic E-state index is -0.0177. The highest BCUT2D eigenvalue weighted by atomic mass is 16.5. The molecule has 134 valence electrons. The molecule has 5 atom stereocenters. The van der Waals surface area contributed by atoms with E-state index >= 15 is 0 Å². The van der Waals surface area contributed by atoms with Crippen molar-refractivity contribution in [1.82, 2.24) is 9.38 Å². The lowest BCUT2D eigenvalue weighted by Gasteiger charge is -2.36. The zero-order chi connectivity index (χ0) is 17.6. The van der Waals surface area contributed by atoms with Crippen LogP contribution in [0.2, 0.25) is 0 Å². The molecule has 0 radical (unpaired) electrons. The van der Waals surface area contributed by atoms with Gasteiger partial charge < -0.3 is 9.14 Å². The SMILES string of the molecule is CC(C)[C@@H]1CC[C@@H](C)C[C@H]1OC(=O)C1CC1c1ncc2ccccn12. The van der Waals surface area contributed by atoms with Crippen molar-refractivity contribution >= 4 is 11.5 Å². The molecule has 4 nitrogen and oxygen atoms in total. The maximum atomic E-state index is 12.7. The van der Waals surface area contributed by atoms with Gasteiger partial charge in [-0.1, -0.05) is 33.3 Å². The van der Waals surface area contributed by atoms with E-state index in [0.717, 1.165) is 24.2 Å². The quantitative estimate of drug-likeness (QED) is 0.773.